The summed E-state index contributed by atoms with van der Waals surface area (Å²) in [7, 11) is 0. The van der Waals surface area contributed by atoms with Gasteiger partial charge >= 0.3 is 0 Å². The number of aromatic nitrogens is 1. The number of amides is 1. The van der Waals surface area contributed by atoms with Crippen molar-refractivity contribution in [2.24, 2.45) is 0 Å². The lowest BCUT2D eigenvalue weighted by Crippen LogP contribution is -2.48. The molecule has 1 aliphatic heterocycles. The van der Waals surface area contributed by atoms with E-state index in [1.165, 1.54) is 5.56 Å². The number of hydrogen-bond acceptors (Lipinski definition) is 5. The van der Waals surface area contributed by atoms with Gasteiger partial charge in [-0.15, -0.1) is 11.3 Å². The lowest BCUT2D eigenvalue weighted by Gasteiger charge is -2.34. The summed E-state index contributed by atoms with van der Waals surface area (Å²) in [6.07, 6.45) is 0.919. The van der Waals surface area contributed by atoms with Crippen molar-refractivity contribution in [3.63, 3.8) is 0 Å². The minimum absolute atomic E-state index is 0.0643. The molecule has 24 heavy (non-hydrogen) atoms. The normalized spacial score (nSPS) is 15.5. The highest BCUT2D eigenvalue weighted by atomic mass is 32.1. The lowest BCUT2D eigenvalue weighted by molar-refractivity contribution is -0.117. The number of anilines is 2. The Balaban J connectivity index is 1.50. The topological polar surface area (TPSA) is 48.5 Å². The van der Waals surface area contributed by atoms with Gasteiger partial charge in [0.2, 0.25) is 5.91 Å². The van der Waals surface area contributed by atoms with E-state index in [-0.39, 0.29) is 5.91 Å². The molecule has 0 radical (unpaired) electrons. The van der Waals surface area contributed by atoms with Crippen molar-refractivity contribution in [3.8, 4) is 0 Å². The maximum atomic E-state index is 12.3. The van der Waals surface area contributed by atoms with E-state index in [0.29, 0.717) is 6.54 Å². The van der Waals surface area contributed by atoms with Crippen molar-refractivity contribution >= 4 is 28.1 Å². The van der Waals surface area contributed by atoms with Crippen LogP contribution in [0, 0.1) is 6.92 Å². The van der Waals surface area contributed by atoms with Gasteiger partial charge in [-0.1, -0.05) is 25.1 Å². The van der Waals surface area contributed by atoms with Crippen LogP contribution in [0.15, 0.2) is 29.6 Å². The van der Waals surface area contributed by atoms with E-state index >= 15 is 0 Å². The zero-order chi connectivity index (χ0) is 16.9. The lowest BCUT2D eigenvalue weighted by atomic mass is 10.1. The second kappa shape index (κ2) is 7.77. The Hall–Kier alpha value is -1.92. The maximum absolute atomic E-state index is 12.3. The number of rotatable bonds is 5. The van der Waals surface area contributed by atoms with Crippen molar-refractivity contribution in [1.29, 1.82) is 0 Å². The van der Waals surface area contributed by atoms with E-state index in [2.05, 4.69) is 38.5 Å². The van der Waals surface area contributed by atoms with Gasteiger partial charge in [0.1, 0.15) is 0 Å². The Bertz CT molecular complexity index is 692. The minimum atomic E-state index is 0.0643. The Morgan fingerprint density at radius 3 is 2.67 bits per heavy atom. The van der Waals surface area contributed by atoms with Crippen LogP contribution in [0.5, 0.6) is 0 Å². The van der Waals surface area contributed by atoms with E-state index in [1.807, 2.05) is 25.1 Å². The molecule has 1 aromatic carbocycles. The number of nitrogens with one attached hydrogen (secondary N) is 1. The summed E-state index contributed by atoms with van der Waals surface area (Å²) in [6.45, 7) is 8.20. The molecule has 1 saturated heterocycles. The molecule has 1 fully saturated rings. The zero-order valence-corrected chi connectivity index (χ0v) is 15.1. The third-order valence-corrected chi connectivity index (χ3v) is 5.31. The Kier molecular flexibility index (Phi) is 5.48. The van der Waals surface area contributed by atoms with Gasteiger partial charge in [-0.3, -0.25) is 9.69 Å². The summed E-state index contributed by atoms with van der Waals surface area (Å²) in [5.74, 6) is 0.0643. The van der Waals surface area contributed by atoms with E-state index < -0.39 is 0 Å². The molecule has 1 N–H and O–H groups in total. The van der Waals surface area contributed by atoms with Gasteiger partial charge in [0.15, 0.2) is 5.13 Å². The van der Waals surface area contributed by atoms with Crippen LogP contribution >= 0.6 is 11.3 Å². The summed E-state index contributed by atoms with van der Waals surface area (Å²) < 4.78 is 0. The largest absolute Gasteiger partial charge is 0.346 e. The van der Waals surface area contributed by atoms with Crippen molar-refractivity contribution in [1.82, 2.24) is 9.88 Å². The SMILES string of the molecule is CCc1ccccc1NC(=O)CN1CCN(c2nc(C)cs2)CC1. The molecule has 0 spiro atoms. The molecule has 0 bridgehead atoms. The highest BCUT2D eigenvalue weighted by molar-refractivity contribution is 7.13. The number of para-hydroxylation sites is 1. The van der Waals surface area contributed by atoms with Gasteiger partial charge in [-0.2, -0.15) is 0 Å². The highest BCUT2D eigenvalue weighted by Crippen LogP contribution is 2.21. The predicted octanol–water partition coefficient (Wildman–Crippen LogP) is 2.77. The van der Waals surface area contributed by atoms with E-state index in [0.717, 1.165) is 49.1 Å². The molecule has 1 amide bonds. The summed E-state index contributed by atoms with van der Waals surface area (Å²) in [5.41, 5.74) is 3.18. The molecule has 2 aromatic rings. The van der Waals surface area contributed by atoms with Crippen molar-refractivity contribution in [3.05, 3.63) is 40.9 Å². The number of carbonyl (C=O) groups excluding carboxylic acids is 1. The molecule has 0 unspecified atom stereocenters. The predicted molar refractivity (Wildman–Crippen MR) is 100.0 cm³/mol. The van der Waals surface area contributed by atoms with Crippen LogP contribution < -0.4 is 10.2 Å². The Morgan fingerprint density at radius 1 is 1.25 bits per heavy atom. The number of hydrogen-bond donors (Lipinski definition) is 1. The molecule has 1 aliphatic rings. The number of carbonyl (C=O) groups is 1. The average molecular weight is 344 g/mol. The first kappa shape index (κ1) is 16.9. The highest BCUT2D eigenvalue weighted by Gasteiger charge is 2.21. The Labute approximate surface area is 147 Å². The number of benzene rings is 1. The van der Waals surface area contributed by atoms with Crippen LogP contribution in [0.25, 0.3) is 0 Å². The van der Waals surface area contributed by atoms with Crippen molar-refractivity contribution in [2.45, 2.75) is 20.3 Å². The van der Waals surface area contributed by atoms with Crippen LogP contribution in [-0.4, -0.2) is 48.5 Å². The van der Waals surface area contributed by atoms with Crippen molar-refractivity contribution in [2.75, 3.05) is 42.9 Å². The third-order valence-electron chi connectivity index (χ3n) is 4.29. The van der Waals surface area contributed by atoms with Crippen LogP contribution in [0.2, 0.25) is 0 Å². The Morgan fingerprint density at radius 2 is 2.00 bits per heavy atom. The fraction of sp³-hybridized carbons (Fsp3) is 0.444. The molecule has 0 saturated carbocycles. The molecule has 1 aromatic heterocycles. The molecular weight excluding hydrogens is 320 g/mol. The fourth-order valence-corrected chi connectivity index (χ4v) is 3.78. The van der Waals surface area contributed by atoms with E-state index in [9.17, 15) is 4.79 Å². The van der Waals surface area contributed by atoms with E-state index in [1.54, 1.807) is 11.3 Å². The minimum Gasteiger partial charge on any atom is -0.346 e. The second-order valence-corrected chi connectivity index (χ2v) is 6.93. The molecule has 2 heterocycles. The summed E-state index contributed by atoms with van der Waals surface area (Å²) in [5, 5.41) is 6.23. The fourth-order valence-electron chi connectivity index (χ4n) is 2.93. The number of aryl methyl sites for hydroxylation is 2. The van der Waals surface area contributed by atoms with Gasteiger partial charge in [0.05, 0.1) is 12.2 Å². The molecule has 0 aliphatic carbocycles. The van der Waals surface area contributed by atoms with Gasteiger partial charge < -0.3 is 10.2 Å². The van der Waals surface area contributed by atoms with Gasteiger partial charge in [0.25, 0.3) is 0 Å². The second-order valence-electron chi connectivity index (χ2n) is 6.09. The number of nitrogens with zero attached hydrogens (tertiary/aromatic N) is 3. The standard InChI is InChI=1S/C18H24N4OS/c1-3-15-6-4-5-7-16(15)20-17(23)12-21-8-10-22(11-9-21)18-19-14(2)13-24-18/h4-7,13H,3,8-12H2,1-2H3,(H,20,23). The monoisotopic (exact) mass is 344 g/mol. The summed E-state index contributed by atoms with van der Waals surface area (Å²) >= 11 is 1.69. The molecular formula is C18H24N4OS. The van der Waals surface area contributed by atoms with Crippen molar-refractivity contribution < 1.29 is 4.79 Å². The van der Waals surface area contributed by atoms with Crippen LogP contribution in [0.4, 0.5) is 10.8 Å². The number of thiazole rings is 1. The third kappa shape index (κ3) is 4.13. The summed E-state index contributed by atoms with van der Waals surface area (Å²) in [6, 6.07) is 8.00. The quantitative estimate of drug-likeness (QED) is 0.906. The van der Waals surface area contributed by atoms with Gasteiger partial charge in [-0.05, 0) is 25.0 Å². The first-order valence-electron chi connectivity index (χ1n) is 8.43. The molecule has 6 heteroatoms. The van der Waals surface area contributed by atoms with E-state index in [4.69, 9.17) is 0 Å². The molecule has 128 valence electrons. The van der Waals surface area contributed by atoms with Crippen LogP contribution in [-0.2, 0) is 11.2 Å². The van der Waals surface area contributed by atoms with Crippen LogP contribution in [0.3, 0.4) is 0 Å². The summed E-state index contributed by atoms with van der Waals surface area (Å²) in [4.78, 5) is 21.4. The average Bonchev–Trinajstić information content (AvgIpc) is 3.02. The van der Waals surface area contributed by atoms with Crippen LogP contribution in [0.1, 0.15) is 18.2 Å². The number of piperazine rings is 1. The van der Waals surface area contributed by atoms with Gasteiger partial charge in [-0.25, -0.2) is 4.98 Å². The maximum Gasteiger partial charge on any atom is 0.238 e. The molecule has 5 nitrogen and oxygen atoms in total. The molecule has 0 atom stereocenters. The smallest absolute Gasteiger partial charge is 0.238 e. The zero-order valence-electron chi connectivity index (χ0n) is 14.3. The van der Waals surface area contributed by atoms with Gasteiger partial charge in [0, 0.05) is 37.2 Å². The first-order valence-corrected chi connectivity index (χ1v) is 9.31. The molecule has 3 rings (SSSR count). The first-order chi connectivity index (χ1) is 11.7.